The van der Waals surface area contributed by atoms with Crippen LogP contribution in [0.25, 0.3) is 0 Å². The van der Waals surface area contributed by atoms with Gasteiger partial charge in [0.1, 0.15) is 0 Å². The van der Waals surface area contributed by atoms with Gasteiger partial charge in [-0.3, -0.25) is 8.74 Å². The number of hydrogen-bond donors (Lipinski definition) is 1. The second-order valence-electron chi connectivity index (χ2n) is 4.85. The van der Waals surface area contributed by atoms with Crippen LogP contribution in [0.3, 0.4) is 0 Å². The van der Waals surface area contributed by atoms with Crippen LogP contribution in [0, 0.1) is 0 Å². The number of hydrogen-bond acceptors (Lipinski definition) is 5. The number of nitrogens with zero attached hydrogens (tertiary/aromatic N) is 2. The van der Waals surface area contributed by atoms with E-state index in [-0.39, 0.29) is 0 Å². The fourth-order valence-corrected chi connectivity index (χ4v) is 2.21. The van der Waals surface area contributed by atoms with Crippen molar-refractivity contribution < 1.29 is 17.2 Å². The van der Waals surface area contributed by atoms with Crippen LogP contribution in [0.1, 0.15) is 19.8 Å². The van der Waals surface area contributed by atoms with Crippen LogP contribution in [0.5, 0.6) is 0 Å². The van der Waals surface area contributed by atoms with Crippen molar-refractivity contribution >= 4 is 21.8 Å². The highest BCUT2D eigenvalue weighted by molar-refractivity contribution is 7.80. The van der Waals surface area contributed by atoms with Gasteiger partial charge in [0.15, 0.2) is 0 Å². The summed E-state index contributed by atoms with van der Waals surface area (Å²) < 4.78 is 29.7. The van der Waals surface area contributed by atoms with Crippen molar-refractivity contribution in [2.75, 3.05) is 36.7 Å². The van der Waals surface area contributed by atoms with Gasteiger partial charge in [-0.25, -0.2) is 0 Å². The van der Waals surface area contributed by atoms with Crippen LogP contribution in [0.4, 0.5) is 11.4 Å². The van der Waals surface area contributed by atoms with Crippen molar-refractivity contribution in [1.29, 1.82) is 0 Å². The molecule has 7 heteroatoms. The number of fused-ring (bicyclic) bond motifs is 1. The van der Waals surface area contributed by atoms with E-state index in [4.69, 9.17) is 4.55 Å². The Balaban J connectivity index is 0.000000346. The molecule has 0 atom stereocenters. The molecular formula is C15H24N2O4S. The summed E-state index contributed by atoms with van der Waals surface area (Å²) in [4.78, 5) is 4.83. The third-order valence-corrected chi connectivity index (χ3v) is 3.67. The van der Waals surface area contributed by atoms with Crippen molar-refractivity contribution in [3.05, 3.63) is 36.9 Å². The fourth-order valence-electron chi connectivity index (χ4n) is 2.21. The van der Waals surface area contributed by atoms with E-state index in [0.29, 0.717) is 0 Å². The summed E-state index contributed by atoms with van der Waals surface area (Å²) >= 11 is 0. The highest BCUT2D eigenvalue weighted by atomic mass is 32.3. The molecule has 0 amide bonds. The Bertz CT molecular complexity index is 575. The molecule has 1 aliphatic heterocycles. The number of rotatable bonds is 6. The topological polar surface area (TPSA) is 70.1 Å². The number of unbranched alkanes of at least 4 members (excludes halogenated alkanes) is 1. The summed E-state index contributed by atoms with van der Waals surface area (Å²) in [5.41, 5.74) is 2.72. The van der Waals surface area contributed by atoms with Crippen LogP contribution < -0.4 is 9.80 Å². The van der Waals surface area contributed by atoms with E-state index >= 15 is 0 Å². The van der Waals surface area contributed by atoms with Gasteiger partial charge in [-0.2, -0.15) is 8.42 Å². The fraction of sp³-hybridized carbons (Fsp3) is 0.467. The van der Waals surface area contributed by atoms with Gasteiger partial charge in [-0.15, -0.1) is 6.58 Å². The molecule has 0 radical (unpaired) electrons. The summed E-state index contributed by atoms with van der Waals surface area (Å²) in [6.45, 7) is 9.15. The highest BCUT2D eigenvalue weighted by Crippen LogP contribution is 2.35. The smallest absolute Gasteiger partial charge is 0.352 e. The molecule has 1 heterocycles. The van der Waals surface area contributed by atoms with Crippen molar-refractivity contribution in [3.63, 3.8) is 0 Å². The molecule has 6 nitrogen and oxygen atoms in total. The first-order chi connectivity index (χ1) is 10.4. The lowest BCUT2D eigenvalue weighted by Gasteiger charge is -2.20. The average Bonchev–Trinajstić information content (AvgIpc) is 2.84. The van der Waals surface area contributed by atoms with Crippen LogP contribution in [0.15, 0.2) is 36.9 Å². The summed E-state index contributed by atoms with van der Waals surface area (Å²) in [7, 11) is -3.29. The molecular weight excluding hydrogens is 304 g/mol. The minimum atomic E-state index is -4.16. The Labute approximate surface area is 132 Å². The maximum Gasteiger partial charge on any atom is 0.397 e. The molecule has 0 unspecified atom stereocenters. The summed E-state index contributed by atoms with van der Waals surface area (Å²) in [6.07, 6.45) is 4.48. The van der Waals surface area contributed by atoms with Gasteiger partial charge in [-0.05, 0) is 18.6 Å². The zero-order valence-corrected chi connectivity index (χ0v) is 13.9. The third kappa shape index (κ3) is 5.67. The number of benzene rings is 1. The Kier molecular flexibility index (Phi) is 7.37. The summed E-state index contributed by atoms with van der Waals surface area (Å²) in [5, 5.41) is 0. The third-order valence-electron chi connectivity index (χ3n) is 3.25. The molecule has 1 aliphatic rings. The molecule has 2 rings (SSSR count). The van der Waals surface area contributed by atoms with Crippen molar-refractivity contribution in [3.8, 4) is 0 Å². The minimum Gasteiger partial charge on any atom is -0.352 e. The maximum atomic E-state index is 9.33. The van der Waals surface area contributed by atoms with E-state index in [9.17, 15) is 8.42 Å². The second-order valence-corrected chi connectivity index (χ2v) is 6.04. The Morgan fingerprint density at radius 2 is 1.86 bits per heavy atom. The zero-order chi connectivity index (χ0) is 16.6. The van der Waals surface area contributed by atoms with Crippen LogP contribution in [-0.2, 0) is 14.6 Å². The van der Waals surface area contributed by atoms with Gasteiger partial charge in [0.25, 0.3) is 0 Å². The predicted octanol–water partition coefficient (Wildman–Crippen LogP) is 2.69. The summed E-state index contributed by atoms with van der Waals surface area (Å²) in [5.74, 6) is 0. The second kappa shape index (κ2) is 8.77. The first kappa shape index (κ1) is 18.5. The Morgan fingerprint density at radius 3 is 2.32 bits per heavy atom. The monoisotopic (exact) mass is 328 g/mol. The van der Waals surface area contributed by atoms with Crippen LogP contribution in [-0.4, -0.2) is 39.8 Å². The standard InChI is InChI=1S/C14H20N2.CH4O4S/c1-3-5-11-16-12-15(10-4-2)13-8-6-7-9-14(13)16;1-5-6(2,3)4/h4,6-9H,2-3,5,10-12H2,1H3;1H3,(H,2,3,4). The molecule has 22 heavy (non-hydrogen) atoms. The van der Waals surface area contributed by atoms with Crippen molar-refractivity contribution in [2.24, 2.45) is 0 Å². The lowest BCUT2D eigenvalue weighted by molar-refractivity contribution is 0.324. The van der Waals surface area contributed by atoms with E-state index in [0.717, 1.165) is 26.9 Å². The molecule has 0 bridgehead atoms. The highest BCUT2D eigenvalue weighted by Gasteiger charge is 2.23. The quantitative estimate of drug-likeness (QED) is 0.639. The van der Waals surface area contributed by atoms with E-state index in [1.54, 1.807) is 0 Å². The molecule has 1 aromatic carbocycles. The normalized spacial score (nSPS) is 13.4. The van der Waals surface area contributed by atoms with E-state index in [1.807, 2.05) is 6.08 Å². The van der Waals surface area contributed by atoms with E-state index in [2.05, 4.69) is 51.8 Å². The molecule has 124 valence electrons. The summed E-state index contributed by atoms with van der Waals surface area (Å²) in [6, 6.07) is 8.65. The SMILES string of the molecule is C=CCN1CN(CCCC)c2ccccc21.COS(=O)(=O)O. The van der Waals surface area contributed by atoms with Crippen LogP contribution in [0.2, 0.25) is 0 Å². The van der Waals surface area contributed by atoms with Crippen molar-refractivity contribution in [2.45, 2.75) is 19.8 Å². The molecule has 0 spiro atoms. The zero-order valence-electron chi connectivity index (χ0n) is 13.1. The van der Waals surface area contributed by atoms with Gasteiger partial charge in [-0.1, -0.05) is 31.6 Å². The maximum absolute atomic E-state index is 9.33. The van der Waals surface area contributed by atoms with Gasteiger partial charge >= 0.3 is 10.4 Å². The molecule has 0 saturated heterocycles. The Hall–Kier alpha value is -1.57. The first-order valence-electron chi connectivity index (χ1n) is 7.15. The molecule has 1 aromatic rings. The van der Waals surface area contributed by atoms with Gasteiger partial charge in [0.2, 0.25) is 0 Å². The van der Waals surface area contributed by atoms with Gasteiger partial charge in [0, 0.05) is 13.1 Å². The largest absolute Gasteiger partial charge is 0.397 e. The molecule has 0 aliphatic carbocycles. The van der Waals surface area contributed by atoms with E-state index in [1.165, 1.54) is 24.2 Å². The first-order valence-corrected chi connectivity index (χ1v) is 8.52. The number of anilines is 2. The molecule has 0 fully saturated rings. The number of para-hydroxylation sites is 2. The molecule has 0 saturated carbocycles. The van der Waals surface area contributed by atoms with E-state index < -0.39 is 10.4 Å². The van der Waals surface area contributed by atoms with Gasteiger partial charge in [0.05, 0.1) is 25.2 Å². The lowest BCUT2D eigenvalue weighted by Crippen LogP contribution is -2.31. The van der Waals surface area contributed by atoms with Crippen molar-refractivity contribution in [1.82, 2.24) is 0 Å². The van der Waals surface area contributed by atoms with Crippen LogP contribution >= 0.6 is 0 Å². The average molecular weight is 328 g/mol. The Morgan fingerprint density at radius 1 is 1.32 bits per heavy atom. The lowest BCUT2D eigenvalue weighted by atomic mass is 10.2. The minimum absolute atomic E-state index is 0.870. The molecule has 1 N–H and O–H groups in total. The van der Waals surface area contributed by atoms with Gasteiger partial charge < -0.3 is 9.80 Å². The predicted molar refractivity (Wildman–Crippen MR) is 89.7 cm³/mol. The molecule has 0 aromatic heterocycles.